The Labute approximate surface area is 83.0 Å². The van der Waals surface area contributed by atoms with Gasteiger partial charge >= 0.3 is 0 Å². The summed E-state index contributed by atoms with van der Waals surface area (Å²) < 4.78 is 9.86. The number of ether oxygens (including phenoxy) is 2. The zero-order valence-electron chi connectivity index (χ0n) is 8.49. The molecule has 1 aliphatic rings. The Morgan fingerprint density at radius 2 is 1.71 bits per heavy atom. The van der Waals surface area contributed by atoms with Gasteiger partial charge in [0.05, 0.1) is 6.54 Å². The van der Waals surface area contributed by atoms with E-state index in [-0.39, 0.29) is 18.4 Å². The lowest BCUT2D eigenvalue weighted by atomic mass is 10.1. The number of piperidine rings is 1. The van der Waals surface area contributed by atoms with E-state index in [1.54, 1.807) is 0 Å². The van der Waals surface area contributed by atoms with Crippen molar-refractivity contribution in [1.29, 1.82) is 0 Å². The summed E-state index contributed by atoms with van der Waals surface area (Å²) in [6.45, 7) is 0.185. The number of likely N-dealkylation sites (tertiary alicyclic amines) is 1. The van der Waals surface area contributed by atoms with Crippen molar-refractivity contribution in [2.75, 3.05) is 20.8 Å². The third-order valence-electron chi connectivity index (χ3n) is 2.24. The first-order chi connectivity index (χ1) is 6.69. The first-order valence-electron chi connectivity index (χ1n) is 4.57. The molecule has 0 bridgehead atoms. The Morgan fingerprint density at radius 3 is 2.14 bits per heavy atom. The van der Waals surface area contributed by atoms with Crippen LogP contribution in [0.4, 0.5) is 0 Å². The van der Waals surface area contributed by atoms with Gasteiger partial charge < -0.3 is 9.47 Å². The molecule has 1 heterocycles. The highest BCUT2D eigenvalue weighted by Crippen LogP contribution is 2.13. The van der Waals surface area contributed by atoms with Gasteiger partial charge in [-0.15, -0.1) is 0 Å². The van der Waals surface area contributed by atoms with E-state index in [1.165, 1.54) is 19.1 Å². The van der Waals surface area contributed by atoms with E-state index >= 15 is 0 Å². The monoisotopic (exact) mass is 201 g/mol. The average molecular weight is 201 g/mol. The van der Waals surface area contributed by atoms with Gasteiger partial charge in [0.15, 0.2) is 6.29 Å². The maximum Gasteiger partial charge on any atom is 0.229 e. The molecule has 5 heteroatoms. The van der Waals surface area contributed by atoms with E-state index in [2.05, 4.69) is 0 Å². The molecule has 14 heavy (non-hydrogen) atoms. The van der Waals surface area contributed by atoms with Gasteiger partial charge in [-0.3, -0.25) is 14.5 Å². The smallest absolute Gasteiger partial charge is 0.229 e. The van der Waals surface area contributed by atoms with Crippen molar-refractivity contribution < 1.29 is 19.1 Å². The van der Waals surface area contributed by atoms with Gasteiger partial charge in [-0.25, -0.2) is 0 Å². The van der Waals surface area contributed by atoms with E-state index in [4.69, 9.17) is 9.47 Å². The highest BCUT2D eigenvalue weighted by Gasteiger charge is 2.28. The molecule has 0 saturated carbocycles. The molecule has 0 aromatic heterocycles. The van der Waals surface area contributed by atoms with Crippen LogP contribution in [0, 0.1) is 0 Å². The van der Waals surface area contributed by atoms with Crippen molar-refractivity contribution in [2.24, 2.45) is 0 Å². The minimum Gasteiger partial charge on any atom is -0.354 e. The molecule has 5 nitrogen and oxygen atoms in total. The summed E-state index contributed by atoms with van der Waals surface area (Å²) in [7, 11) is 2.96. The van der Waals surface area contributed by atoms with Gasteiger partial charge in [-0.1, -0.05) is 0 Å². The normalized spacial score (nSPS) is 18.1. The maximum atomic E-state index is 11.4. The fourth-order valence-corrected chi connectivity index (χ4v) is 1.40. The second-order valence-electron chi connectivity index (χ2n) is 3.15. The number of amides is 2. The van der Waals surface area contributed by atoms with E-state index in [9.17, 15) is 9.59 Å². The van der Waals surface area contributed by atoms with E-state index < -0.39 is 6.29 Å². The van der Waals surface area contributed by atoms with Crippen molar-refractivity contribution in [2.45, 2.75) is 25.6 Å². The number of carbonyl (C=O) groups excluding carboxylic acids is 2. The highest BCUT2D eigenvalue weighted by molar-refractivity contribution is 5.97. The van der Waals surface area contributed by atoms with Gasteiger partial charge in [0.1, 0.15) is 0 Å². The number of nitrogens with zero attached hydrogens (tertiary/aromatic N) is 1. The number of carbonyl (C=O) groups is 2. The van der Waals surface area contributed by atoms with Crippen LogP contribution in [0.3, 0.4) is 0 Å². The molecule has 80 valence electrons. The largest absolute Gasteiger partial charge is 0.354 e. The van der Waals surface area contributed by atoms with Crippen LogP contribution in [0.25, 0.3) is 0 Å². The quantitative estimate of drug-likeness (QED) is 0.479. The van der Waals surface area contributed by atoms with Crippen LogP contribution in [-0.4, -0.2) is 43.8 Å². The zero-order valence-corrected chi connectivity index (χ0v) is 8.49. The summed E-state index contributed by atoms with van der Waals surface area (Å²) in [5.74, 6) is -0.277. The summed E-state index contributed by atoms with van der Waals surface area (Å²) >= 11 is 0. The molecule has 0 radical (unpaired) electrons. The lowest BCUT2D eigenvalue weighted by Gasteiger charge is -2.27. The van der Waals surface area contributed by atoms with Crippen LogP contribution in [0.1, 0.15) is 19.3 Å². The summed E-state index contributed by atoms with van der Waals surface area (Å²) in [5.41, 5.74) is 0. The lowest BCUT2D eigenvalue weighted by Crippen LogP contribution is -2.45. The minimum absolute atomic E-state index is 0.139. The average Bonchev–Trinajstić information content (AvgIpc) is 2.18. The van der Waals surface area contributed by atoms with Crippen molar-refractivity contribution >= 4 is 11.8 Å². The van der Waals surface area contributed by atoms with Crippen molar-refractivity contribution in [3.8, 4) is 0 Å². The number of hydrogen-bond donors (Lipinski definition) is 0. The summed E-state index contributed by atoms with van der Waals surface area (Å²) in [5, 5.41) is 0. The molecule has 1 saturated heterocycles. The second-order valence-corrected chi connectivity index (χ2v) is 3.15. The number of hydrogen-bond acceptors (Lipinski definition) is 4. The molecule has 0 aliphatic carbocycles. The van der Waals surface area contributed by atoms with E-state index in [1.807, 2.05) is 0 Å². The third kappa shape index (κ3) is 2.52. The fourth-order valence-electron chi connectivity index (χ4n) is 1.40. The van der Waals surface area contributed by atoms with Crippen LogP contribution in [0.5, 0.6) is 0 Å². The Morgan fingerprint density at radius 1 is 1.21 bits per heavy atom. The van der Waals surface area contributed by atoms with E-state index in [0.717, 1.165) is 0 Å². The third-order valence-corrected chi connectivity index (χ3v) is 2.24. The van der Waals surface area contributed by atoms with Crippen molar-refractivity contribution in [1.82, 2.24) is 4.90 Å². The molecular weight excluding hydrogens is 186 g/mol. The van der Waals surface area contributed by atoms with Crippen LogP contribution in [0.15, 0.2) is 0 Å². The first kappa shape index (κ1) is 11.1. The second kappa shape index (κ2) is 5.07. The van der Waals surface area contributed by atoms with Crippen LogP contribution in [0.2, 0.25) is 0 Å². The van der Waals surface area contributed by atoms with Crippen molar-refractivity contribution in [3.63, 3.8) is 0 Å². The molecule has 0 spiro atoms. The highest BCUT2D eigenvalue weighted by atomic mass is 16.7. The van der Waals surface area contributed by atoms with Gasteiger partial charge in [0.2, 0.25) is 11.8 Å². The molecule has 0 unspecified atom stereocenters. The zero-order chi connectivity index (χ0) is 10.6. The Bertz CT molecular complexity index is 209. The lowest BCUT2D eigenvalue weighted by molar-refractivity contribution is -0.160. The molecule has 1 aliphatic heterocycles. The summed E-state index contributed by atoms with van der Waals surface area (Å²) in [4.78, 5) is 23.9. The summed E-state index contributed by atoms with van der Waals surface area (Å²) in [6.07, 6.45) is 0.998. The number of imide groups is 1. The Balaban J connectivity index is 2.55. The van der Waals surface area contributed by atoms with Crippen molar-refractivity contribution in [3.05, 3.63) is 0 Å². The van der Waals surface area contributed by atoms with Crippen LogP contribution >= 0.6 is 0 Å². The fraction of sp³-hybridized carbons (Fsp3) is 0.778. The Hall–Kier alpha value is -0.940. The summed E-state index contributed by atoms with van der Waals surface area (Å²) in [6, 6.07) is 0. The van der Waals surface area contributed by atoms with Crippen LogP contribution in [-0.2, 0) is 19.1 Å². The predicted molar refractivity (Wildman–Crippen MR) is 48.4 cm³/mol. The molecule has 0 aromatic rings. The van der Waals surface area contributed by atoms with Gasteiger partial charge in [-0.05, 0) is 6.42 Å². The van der Waals surface area contributed by atoms with Gasteiger partial charge in [-0.2, -0.15) is 0 Å². The van der Waals surface area contributed by atoms with Crippen LogP contribution < -0.4 is 0 Å². The Kier molecular flexibility index (Phi) is 4.03. The minimum atomic E-state index is -0.527. The predicted octanol–water partition coefficient (Wildman–Crippen LogP) is 0.144. The molecule has 0 aromatic carbocycles. The number of rotatable bonds is 4. The molecule has 0 atom stereocenters. The number of methoxy groups -OCH3 is 2. The SMILES string of the molecule is COC(CN1C(=O)CCCC1=O)OC. The standard InChI is InChI=1S/C9H15NO4/c1-13-9(14-2)6-10-7(11)4-3-5-8(10)12/h9H,3-6H2,1-2H3. The van der Waals surface area contributed by atoms with Gasteiger partial charge in [0, 0.05) is 27.1 Å². The topological polar surface area (TPSA) is 55.8 Å². The van der Waals surface area contributed by atoms with Gasteiger partial charge in [0.25, 0.3) is 0 Å². The van der Waals surface area contributed by atoms with E-state index in [0.29, 0.717) is 19.3 Å². The molecular formula is C9H15NO4. The molecule has 1 fully saturated rings. The first-order valence-corrected chi connectivity index (χ1v) is 4.57. The maximum absolute atomic E-state index is 11.4. The molecule has 0 N–H and O–H groups in total. The molecule has 1 rings (SSSR count). The molecule has 2 amide bonds.